The van der Waals surface area contributed by atoms with Crippen molar-refractivity contribution in [2.75, 3.05) is 18.8 Å². The van der Waals surface area contributed by atoms with E-state index in [0.717, 1.165) is 39.9 Å². The van der Waals surface area contributed by atoms with Crippen LogP contribution in [-0.2, 0) is 21.9 Å². The van der Waals surface area contributed by atoms with Crippen LogP contribution in [0.25, 0.3) is 10.2 Å². The van der Waals surface area contributed by atoms with Gasteiger partial charge in [-0.15, -0.1) is 11.3 Å². The summed E-state index contributed by atoms with van der Waals surface area (Å²) in [4.78, 5) is 19.0. The third kappa shape index (κ3) is 5.48. The normalized spacial score (nSPS) is 18.2. The van der Waals surface area contributed by atoms with Gasteiger partial charge in [0.25, 0.3) is 0 Å². The van der Waals surface area contributed by atoms with Crippen LogP contribution in [0.15, 0.2) is 18.2 Å². The molecule has 2 aromatic rings. The van der Waals surface area contributed by atoms with Crippen LogP contribution in [-0.4, -0.2) is 54.3 Å². The molecule has 2 aliphatic rings. The number of hydrogen-bond acceptors (Lipinski definition) is 7. The highest BCUT2D eigenvalue weighted by atomic mass is 32.2. The van der Waals surface area contributed by atoms with E-state index in [1.165, 1.54) is 31.1 Å². The fourth-order valence-electron chi connectivity index (χ4n) is 3.81. The van der Waals surface area contributed by atoms with Crippen molar-refractivity contribution in [2.24, 2.45) is 11.3 Å². The van der Waals surface area contributed by atoms with E-state index in [1.54, 1.807) is 5.48 Å². The molecule has 1 aliphatic carbocycles. The predicted molar refractivity (Wildman–Crippen MR) is 124 cm³/mol. The highest BCUT2D eigenvalue weighted by Gasteiger charge is 2.37. The van der Waals surface area contributed by atoms with Crippen LogP contribution in [0.2, 0.25) is 0 Å². The Morgan fingerprint density at radius 3 is 2.81 bits per heavy atom. The standard InChI is InChI=1S/C23H25N3O4S2/c1-23(15-32(29)30,22(27)25-28)11-10-21-24-19-9-6-16(12-20(19)31-21)4-2-3-5-17-13-26(14-17)18-7-8-18/h6,9,12,17-18,28,32H,7-8,10-11,13-15H2,1H3,(H,25,27)/t23-/m0/s1. The second-order valence-electron chi connectivity index (χ2n) is 8.68. The molecule has 7 nitrogen and oxygen atoms in total. The minimum absolute atomic E-state index is 0.254. The van der Waals surface area contributed by atoms with Gasteiger partial charge in [0.2, 0.25) is 5.91 Å². The highest BCUT2D eigenvalue weighted by molar-refractivity contribution is 7.72. The lowest BCUT2D eigenvalue weighted by Gasteiger charge is -2.36. The molecule has 168 valence electrons. The summed E-state index contributed by atoms with van der Waals surface area (Å²) in [7, 11) is -2.76. The first kappa shape index (κ1) is 22.8. The number of hydroxylamine groups is 1. The number of rotatable bonds is 7. The maximum atomic E-state index is 12.0. The molecule has 0 unspecified atom stereocenters. The van der Waals surface area contributed by atoms with Gasteiger partial charge in [-0.25, -0.2) is 18.9 Å². The van der Waals surface area contributed by atoms with Crippen LogP contribution in [0.3, 0.4) is 0 Å². The Kier molecular flexibility index (Phi) is 6.82. The topological polar surface area (TPSA) is 99.6 Å². The zero-order chi connectivity index (χ0) is 22.7. The molecule has 1 aromatic carbocycles. The van der Waals surface area contributed by atoms with Crippen molar-refractivity contribution < 1.29 is 18.4 Å². The quantitative estimate of drug-likeness (QED) is 0.247. The number of hydrogen-bond donors (Lipinski definition) is 3. The average Bonchev–Trinajstić information content (AvgIpc) is 3.47. The number of fused-ring (bicyclic) bond motifs is 1. The summed E-state index contributed by atoms with van der Waals surface area (Å²) < 4.78 is 23.3. The van der Waals surface area contributed by atoms with Gasteiger partial charge < -0.3 is 0 Å². The first-order valence-corrected chi connectivity index (χ1v) is 12.8. The van der Waals surface area contributed by atoms with Gasteiger partial charge in [0.1, 0.15) is 10.7 Å². The molecule has 2 N–H and O–H groups in total. The number of thiol groups is 1. The van der Waals surface area contributed by atoms with Crippen molar-refractivity contribution in [3.05, 3.63) is 28.8 Å². The first-order chi connectivity index (χ1) is 15.4. The van der Waals surface area contributed by atoms with Gasteiger partial charge in [0.15, 0.2) is 0 Å². The molecule has 1 saturated carbocycles. The van der Waals surface area contributed by atoms with Gasteiger partial charge in [0, 0.05) is 37.0 Å². The molecule has 2 heterocycles. The van der Waals surface area contributed by atoms with E-state index in [0.29, 0.717) is 12.3 Å². The number of aryl methyl sites for hydroxylation is 1. The molecule has 0 bridgehead atoms. The lowest BCUT2D eigenvalue weighted by molar-refractivity contribution is -0.138. The van der Waals surface area contributed by atoms with Crippen molar-refractivity contribution in [2.45, 2.75) is 38.6 Å². The lowest BCUT2D eigenvalue weighted by atomic mass is 9.87. The summed E-state index contributed by atoms with van der Waals surface area (Å²) in [6.45, 7) is 3.66. The Morgan fingerprint density at radius 2 is 2.12 bits per heavy atom. The number of benzene rings is 1. The van der Waals surface area contributed by atoms with Gasteiger partial charge in [-0.05, 0) is 56.2 Å². The van der Waals surface area contributed by atoms with Crippen molar-refractivity contribution in [3.63, 3.8) is 0 Å². The number of nitrogens with zero attached hydrogens (tertiary/aromatic N) is 2. The largest absolute Gasteiger partial charge is 0.298 e. The SMILES string of the molecule is C[C@](CCc1nc2ccc(C#CC#CC3CN(C4CC4)C3)cc2s1)(C[SH](=O)=O)C(=O)NO. The van der Waals surface area contributed by atoms with Crippen LogP contribution in [0.4, 0.5) is 0 Å². The summed E-state index contributed by atoms with van der Waals surface area (Å²) in [5, 5.41) is 9.76. The molecule has 0 spiro atoms. The molecule has 1 aliphatic heterocycles. The summed E-state index contributed by atoms with van der Waals surface area (Å²) in [6.07, 6.45) is 3.35. The number of likely N-dealkylation sites (tertiary alicyclic amines) is 1. The number of nitrogens with one attached hydrogen (secondary N) is 1. The first-order valence-electron chi connectivity index (χ1n) is 10.6. The van der Waals surface area contributed by atoms with E-state index in [4.69, 9.17) is 5.21 Å². The van der Waals surface area contributed by atoms with E-state index in [9.17, 15) is 13.2 Å². The van der Waals surface area contributed by atoms with E-state index in [1.807, 2.05) is 18.2 Å². The Labute approximate surface area is 193 Å². The van der Waals surface area contributed by atoms with Gasteiger partial charge in [-0.3, -0.25) is 14.9 Å². The van der Waals surface area contributed by atoms with E-state index in [-0.39, 0.29) is 12.2 Å². The number of carbonyl (C=O) groups excluding carboxylic acids is 1. The smallest absolute Gasteiger partial charge is 0.250 e. The van der Waals surface area contributed by atoms with Crippen LogP contribution in [0.1, 0.15) is 36.8 Å². The minimum atomic E-state index is -2.76. The fourth-order valence-corrected chi connectivity index (χ4v) is 5.69. The van der Waals surface area contributed by atoms with Crippen LogP contribution < -0.4 is 5.48 Å². The zero-order valence-corrected chi connectivity index (χ0v) is 19.5. The van der Waals surface area contributed by atoms with Crippen LogP contribution in [0, 0.1) is 35.0 Å². The number of carbonyl (C=O) groups is 1. The van der Waals surface area contributed by atoms with E-state index >= 15 is 0 Å². The third-order valence-corrected chi connectivity index (χ3v) is 8.00. The Balaban J connectivity index is 1.38. The van der Waals surface area contributed by atoms with Crippen molar-refractivity contribution in [1.82, 2.24) is 15.4 Å². The zero-order valence-electron chi connectivity index (χ0n) is 17.8. The van der Waals surface area contributed by atoms with Gasteiger partial charge in [-0.2, -0.15) is 0 Å². The van der Waals surface area contributed by atoms with Crippen molar-refractivity contribution in [1.29, 1.82) is 0 Å². The number of amides is 1. The Bertz CT molecular complexity index is 1210. The molecule has 1 amide bonds. The summed E-state index contributed by atoms with van der Waals surface area (Å²) in [6, 6.07) is 6.59. The molecule has 32 heavy (non-hydrogen) atoms. The third-order valence-electron chi connectivity index (χ3n) is 5.97. The molecular formula is C23H25N3O4S2. The molecule has 4 rings (SSSR count). The lowest BCUT2D eigenvalue weighted by Crippen LogP contribution is -2.47. The Hall–Kier alpha value is -2.43. The average molecular weight is 472 g/mol. The van der Waals surface area contributed by atoms with Crippen molar-refractivity contribution in [3.8, 4) is 23.7 Å². The minimum Gasteiger partial charge on any atom is -0.298 e. The molecule has 1 saturated heterocycles. The molecular weight excluding hydrogens is 446 g/mol. The fraction of sp³-hybridized carbons (Fsp3) is 0.478. The van der Waals surface area contributed by atoms with E-state index in [2.05, 4.69) is 33.6 Å². The maximum Gasteiger partial charge on any atom is 0.250 e. The molecule has 0 radical (unpaired) electrons. The molecule has 9 heteroatoms. The second-order valence-corrected chi connectivity index (χ2v) is 10.8. The molecule has 1 aromatic heterocycles. The second kappa shape index (κ2) is 9.60. The molecule has 2 fully saturated rings. The monoisotopic (exact) mass is 471 g/mol. The summed E-state index contributed by atoms with van der Waals surface area (Å²) in [5.74, 6) is 11.6. The van der Waals surface area contributed by atoms with Crippen molar-refractivity contribution >= 4 is 38.2 Å². The molecule has 1 atom stereocenters. The van der Waals surface area contributed by atoms with Crippen LogP contribution >= 0.6 is 11.3 Å². The predicted octanol–water partition coefficient (Wildman–Crippen LogP) is 1.80. The van der Waals surface area contributed by atoms with Gasteiger partial charge in [-0.1, -0.05) is 11.8 Å². The van der Waals surface area contributed by atoms with Gasteiger partial charge in [0.05, 0.1) is 26.4 Å². The highest BCUT2D eigenvalue weighted by Crippen LogP contribution is 2.32. The number of aromatic nitrogens is 1. The summed E-state index contributed by atoms with van der Waals surface area (Å²) in [5.41, 5.74) is 2.06. The maximum absolute atomic E-state index is 12.0. The van der Waals surface area contributed by atoms with Crippen LogP contribution in [0.5, 0.6) is 0 Å². The number of thiazole rings is 1. The van der Waals surface area contributed by atoms with E-state index < -0.39 is 22.0 Å². The summed E-state index contributed by atoms with van der Waals surface area (Å²) >= 11 is 1.49. The Morgan fingerprint density at radius 1 is 1.34 bits per heavy atom. The van der Waals surface area contributed by atoms with Gasteiger partial charge >= 0.3 is 0 Å².